The van der Waals surface area contributed by atoms with Crippen LogP contribution in [0.5, 0.6) is 0 Å². The Balaban J connectivity index is 1.84. The molecule has 30 heavy (non-hydrogen) atoms. The molecule has 0 amide bonds. The second-order valence-corrected chi connectivity index (χ2v) is 7.67. The predicted octanol–water partition coefficient (Wildman–Crippen LogP) is 1.59. The van der Waals surface area contributed by atoms with Crippen molar-refractivity contribution in [1.82, 2.24) is 15.0 Å². The average molecular weight is 426 g/mol. The predicted molar refractivity (Wildman–Crippen MR) is 119 cm³/mol. The maximum absolute atomic E-state index is 10.7. The molecule has 1 aliphatic rings. The zero-order chi connectivity index (χ0) is 21.5. The Labute approximate surface area is 179 Å². The first kappa shape index (κ1) is 24.5. The molecule has 0 aromatic carbocycles. The lowest BCUT2D eigenvalue weighted by Gasteiger charge is -2.32. The molecule has 1 saturated carbocycles. The van der Waals surface area contributed by atoms with Crippen LogP contribution in [-0.4, -0.2) is 78.3 Å². The van der Waals surface area contributed by atoms with Gasteiger partial charge in [-0.2, -0.15) is 15.0 Å². The van der Waals surface area contributed by atoms with Crippen molar-refractivity contribution < 1.29 is 14.6 Å². The van der Waals surface area contributed by atoms with E-state index in [0.717, 1.165) is 45.1 Å². The van der Waals surface area contributed by atoms with Crippen LogP contribution in [0.3, 0.4) is 0 Å². The monoisotopic (exact) mass is 425 g/mol. The number of rotatable bonds is 16. The minimum Gasteiger partial charge on any atom is -0.388 e. The summed E-state index contributed by atoms with van der Waals surface area (Å²) >= 11 is 0. The minimum absolute atomic E-state index is 0.441. The fourth-order valence-corrected chi connectivity index (χ4v) is 3.26. The maximum atomic E-state index is 10.7. The zero-order valence-corrected chi connectivity index (χ0v) is 18.3. The Morgan fingerprint density at radius 1 is 0.867 bits per heavy atom. The summed E-state index contributed by atoms with van der Waals surface area (Å²) in [4.78, 5) is 13.3. The summed E-state index contributed by atoms with van der Waals surface area (Å²) < 4.78 is 10.8. The molecule has 2 rings (SSSR count). The third-order valence-corrected chi connectivity index (χ3v) is 4.97. The second-order valence-electron chi connectivity index (χ2n) is 7.67. The van der Waals surface area contributed by atoms with E-state index >= 15 is 0 Å². The van der Waals surface area contributed by atoms with Crippen LogP contribution in [0.4, 0.5) is 17.8 Å². The summed E-state index contributed by atoms with van der Waals surface area (Å²) in [5.74, 6) is 1.46. The SMILES string of the molecule is CCCCNc1nc(NCCOCCOCCN)nc(NCC2(O)CCCCC2)n1. The molecule has 0 saturated heterocycles. The highest BCUT2D eigenvalue weighted by molar-refractivity contribution is 5.42. The molecular formula is C20H39N7O3. The quantitative estimate of drug-likeness (QED) is 0.248. The summed E-state index contributed by atoms with van der Waals surface area (Å²) in [6.45, 7) is 6.58. The van der Waals surface area contributed by atoms with Crippen LogP contribution < -0.4 is 21.7 Å². The summed E-state index contributed by atoms with van der Waals surface area (Å²) in [5, 5.41) is 20.3. The molecule has 0 unspecified atom stereocenters. The summed E-state index contributed by atoms with van der Waals surface area (Å²) in [6, 6.07) is 0. The third kappa shape index (κ3) is 9.84. The number of aliphatic hydroxyl groups is 1. The van der Waals surface area contributed by atoms with E-state index in [0.29, 0.717) is 63.9 Å². The smallest absolute Gasteiger partial charge is 0.229 e. The summed E-state index contributed by atoms with van der Waals surface area (Å²) in [6.07, 6.45) is 7.06. The van der Waals surface area contributed by atoms with Crippen LogP contribution in [0.25, 0.3) is 0 Å². The number of nitrogens with two attached hydrogens (primary N) is 1. The molecule has 0 bridgehead atoms. The molecule has 0 radical (unpaired) electrons. The van der Waals surface area contributed by atoms with Crippen LogP contribution in [0, 0.1) is 0 Å². The van der Waals surface area contributed by atoms with E-state index in [2.05, 4.69) is 37.8 Å². The molecule has 1 aromatic rings. The highest BCUT2D eigenvalue weighted by Gasteiger charge is 2.29. The van der Waals surface area contributed by atoms with Crippen molar-refractivity contribution in [3.05, 3.63) is 0 Å². The molecule has 6 N–H and O–H groups in total. The van der Waals surface area contributed by atoms with E-state index in [1.807, 2.05) is 0 Å². The van der Waals surface area contributed by atoms with Crippen LogP contribution in [0.15, 0.2) is 0 Å². The molecule has 1 aromatic heterocycles. The van der Waals surface area contributed by atoms with Gasteiger partial charge in [0.15, 0.2) is 0 Å². The number of hydrogen-bond acceptors (Lipinski definition) is 10. The molecule has 0 spiro atoms. The number of ether oxygens (including phenoxy) is 2. The molecule has 1 fully saturated rings. The molecule has 0 aliphatic heterocycles. The number of nitrogens with one attached hydrogen (secondary N) is 3. The van der Waals surface area contributed by atoms with E-state index in [1.165, 1.54) is 6.42 Å². The Morgan fingerprint density at radius 2 is 1.47 bits per heavy atom. The first-order valence-electron chi connectivity index (χ1n) is 11.2. The highest BCUT2D eigenvalue weighted by atomic mass is 16.5. The normalized spacial score (nSPS) is 15.7. The van der Waals surface area contributed by atoms with Crippen LogP contribution in [-0.2, 0) is 9.47 Å². The Kier molecular flexibility index (Phi) is 11.7. The van der Waals surface area contributed by atoms with Gasteiger partial charge in [-0.25, -0.2) is 0 Å². The lowest BCUT2D eigenvalue weighted by Crippen LogP contribution is -2.39. The van der Waals surface area contributed by atoms with Crippen molar-refractivity contribution in [2.24, 2.45) is 5.73 Å². The number of hydrogen-bond donors (Lipinski definition) is 5. The van der Waals surface area contributed by atoms with Gasteiger partial charge in [-0.3, -0.25) is 0 Å². The fraction of sp³-hybridized carbons (Fsp3) is 0.850. The Bertz CT molecular complexity index is 586. The van der Waals surface area contributed by atoms with Crippen LogP contribution in [0.2, 0.25) is 0 Å². The van der Waals surface area contributed by atoms with Gasteiger partial charge in [-0.1, -0.05) is 32.6 Å². The van der Waals surface area contributed by atoms with Gasteiger partial charge in [0.1, 0.15) is 0 Å². The van der Waals surface area contributed by atoms with Crippen molar-refractivity contribution in [3.63, 3.8) is 0 Å². The first-order chi connectivity index (χ1) is 14.6. The number of aromatic nitrogens is 3. The molecule has 1 heterocycles. The Hall–Kier alpha value is -1.75. The van der Waals surface area contributed by atoms with Crippen molar-refractivity contribution in [2.45, 2.75) is 57.5 Å². The number of nitrogens with zero attached hydrogens (tertiary/aromatic N) is 3. The van der Waals surface area contributed by atoms with E-state index < -0.39 is 5.60 Å². The molecule has 10 heteroatoms. The van der Waals surface area contributed by atoms with Gasteiger partial charge in [-0.15, -0.1) is 0 Å². The molecule has 10 nitrogen and oxygen atoms in total. The van der Waals surface area contributed by atoms with Gasteiger partial charge in [0, 0.05) is 26.2 Å². The molecular weight excluding hydrogens is 386 g/mol. The van der Waals surface area contributed by atoms with E-state index in [1.54, 1.807) is 0 Å². The number of anilines is 3. The van der Waals surface area contributed by atoms with Gasteiger partial charge in [0.05, 0.1) is 32.0 Å². The fourth-order valence-electron chi connectivity index (χ4n) is 3.26. The van der Waals surface area contributed by atoms with Gasteiger partial charge < -0.3 is 36.3 Å². The van der Waals surface area contributed by atoms with Crippen LogP contribution >= 0.6 is 0 Å². The second kappa shape index (κ2) is 14.3. The van der Waals surface area contributed by atoms with Gasteiger partial charge in [-0.05, 0) is 19.3 Å². The summed E-state index contributed by atoms with van der Waals surface area (Å²) in [5.41, 5.74) is 4.68. The largest absolute Gasteiger partial charge is 0.388 e. The van der Waals surface area contributed by atoms with Gasteiger partial charge in [0.25, 0.3) is 0 Å². The van der Waals surface area contributed by atoms with Crippen LogP contribution in [0.1, 0.15) is 51.9 Å². The van der Waals surface area contributed by atoms with Crippen molar-refractivity contribution >= 4 is 17.8 Å². The standard InChI is InChI=1S/C20H39N7O3/c1-2-3-10-22-17-25-18(23-11-13-30-15-14-29-12-9-21)27-19(26-17)24-16-20(28)7-5-4-6-8-20/h28H,2-16,21H2,1H3,(H3,22,23,24,25,26,27). The molecule has 172 valence electrons. The number of unbranched alkanes of at least 4 members (excludes halogenated alkanes) is 1. The minimum atomic E-state index is -0.686. The van der Waals surface area contributed by atoms with E-state index in [9.17, 15) is 5.11 Å². The summed E-state index contributed by atoms with van der Waals surface area (Å²) in [7, 11) is 0. The molecule has 0 atom stereocenters. The van der Waals surface area contributed by atoms with Gasteiger partial charge >= 0.3 is 0 Å². The topological polar surface area (TPSA) is 139 Å². The van der Waals surface area contributed by atoms with E-state index in [4.69, 9.17) is 15.2 Å². The average Bonchev–Trinajstić information content (AvgIpc) is 2.75. The third-order valence-electron chi connectivity index (χ3n) is 4.97. The van der Waals surface area contributed by atoms with Crippen molar-refractivity contribution in [2.75, 3.05) is 68.6 Å². The van der Waals surface area contributed by atoms with Crippen molar-refractivity contribution in [1.29, 1.82) is 0 Å². The first-order valence-corrected chi connectivity index (χ1v) is 11.2. The zero-order valence-electron chi connectivity index (χ0n) is 18.3. The maximum Gasteiger partial charge on any atom is 0.229 e. The lowest BCUT2D eigenvalue weighted by molar-refractivity contribution is 0.0166. The van der Waals surface area contributed by atoms with Gasteiger partial charge in [0.2, 0.25) is 17.8 Å². The highest BCUT2D eigenvalue weighted by Crippen LogP contribution is 2.28. The Morgan fingerprint density at radius 3 is 2.10 bits per heavy atom. The molecule has 1 aliphatic carbocycles. The van der Waals surface area contributed by atoms with Crippen molar-refractivity contribution in [3.8, 4) is 0 Å². The lowest BCUT2D eigenvalue weighted by atomic mass is 9.85. The van der Waals surface area contributed by atoms with E-state index in [-0.39, 0.29) is 0 Å².